The van der Waals surface area contributed by atoms with Crippen LogP contribution in [0.5, 0.6) is 0 Å². The summed E-state index contributed by atoms with van der Waals surface area (Å²) in [6.07, 6.45) is 6.35. The molecule has 0 bridgehead atoms. The highest BCUT2D eigenvalue weighted by molar-refractivity contribution is 8.04. The molecule has 7 heavy (non-hydrogen) atoms. The summed E-state index contributed by atoms with van der Waals surface area (Å²) < 4.78 is 13.1. The van der Waals surface area contributed by atoms with Crippen LogP contribution in [0.25, 0.3) is 0 Å². The predicted molar refractivity (Wildman–Crippen MR) is 33.4 cm³/mol. The second-order valence-corrected chi connectivity index (χ2v) is 3.83. The lowest BCUT2D eigenvalue weighted by Gasteiger charge is -2.06. The van der Waals surface area contributed by atoms with Gasteiger partial charge in [0.15, 0.2) is 0 Å². The van der Waals surface area contributed by atoms with Gasteiger partial charge in [-0.3, -0.25) is 8.93 Å². The van der Waals surface area contributed by atoms with Crippen LogP contribution < -0.4 is 4.72 Å². The molecular weight excluding hydrogens is 110 g/mol. The van der Waals surface area contributed by atoms with Gasteiger partial charge in [0.2, 0.25) is 0 Å². The van der Waals surface area contributed by atoms with Crippen LogP contribution >= 0.6 is 0 Å². The van der Waals surface area contributed by atoms with Crippen molar-refractivity contribution in [1.82, 2.24) is 4.72 Å². The van der Waals surface area contributed by atoms with Crippen molar-refractivity contribution in [3.8, 4) is 11.7 Å². The Labute approximate surface area is 44.9 Å². The summed E-state index contributed by atoms with van der Waals surface area (Å²) in [6.45, 7) is 0. The second-order valence-electron chi connectivity index (χ2n) is 1.28. The molecule has 1 N–H and O–H groups in total. The van der Waals surface area contributed by atoms with E-state index in [0.29, 0.717) is 0 Å². The van der Waals surface area contributed by atoms with Crippen LogP contribution in [-0.2, 0) is 10.1 Å². The molecule has 2 nitrogen and oxygen atoms in total. The van der Waals surface area contributed by atoms with Crippen molar-refractivity contribution in [1.29, 1.82) is 0 Å². The van der Waals surface area contributed by atoms with Gasteiger partial charge in [-0.25, -0.2) is 0 Å². The van der Waals surface area contributed by atoms with Crippen LogP contribution in [0.4, 0.5) is 0 Å². The van der Waals surface area contributed by atoms with E-state index in [2.05, 4.69) is 9.97 Å². The van der Waals surface area contributed by atoms with Gasteiger partial charge in [-0.05, 0) is 22.4 Å². The summed E-state index contributed by atoms with van der Waals surface area (Å²) >= 11 is 0. The molecule has 0 rings (SSSR count). The number of terminal acetylenes is 1. The van der Waals surface area contributed by atoms with E-state index in [9.17, 15) is 4.21 Å². The molecule has 0 fully saturated rings. The molecule has 0 spiro atoms. The van der Waals surface area contributed by atoms with Crippen molar-refractivity contribution in [2.45, 2.75) is 0 Å². The van der Waals surface area contributed by atoms with Gasteiger partial charge in [0.05, 0.1) is 0 Å². The number of thiol groups is 1. The summed E-state index contributed by atoms with van der Waals surface area (Å²) in [4.78, 5) is 0. The predicted octanol–water partition coefficient (Wildman–Crippen LogP) is -0.642. The molecule has 3 heteroatoms. The normalized spacial score (nSPS) is 12.7. The van der Waals surface area contributed by atoms with Crippen LogP contribution in [0.3, 0.4) is 0 Å². The quantitative estimate of drug-likeness (QED) is 0.349. The molecule has 0 radical (unpaired) electrons. The van der Waals surface area contributed by atoms with Crippen LogP contribution in [0.1, 0.15) is 0 Å². The third-order valence-electron chi connectivity index (χ3n) is 0.673. The Balaban J connectivity index is 3.94. The number of hydrogen-bond donors (Lipinski definition) is 2. The first kappa shape index (κ1) is 6.67. The molecular formula is C4H9NOS. The Kier molecular flexibility index (Phi) is 2.00. The van der Waals surface area contributed by atoms with Gasteiger partial charge in [0.1, 0.15) is 0 Å². The molecule has 0 saturated carbocycles. The molecule has 0 heterocycles. The van der Waals surface area contributed by atoms with Gasteiger partial charge < -0.3 is 0 Å². The summed E-state index contributed by atoms with van der Waals surface area (Å²) in [7, 11) is -0.793. The Bertz CT molecular complexity index is 135. The standard InChI is InChI=1S/C4H9NOS/c1-4-7(3,6)5-2/h1,7H,2-3H3,(H,5,6). The van der Waals surface area contributed by atoms with Crippen molar-refractivity contribution in [2.24, 2.45) is 0 Å². The highest BCUT2D eigenvalue weighted by Crippen LogP contribution is 1.83. The fourth-order valence-electron chi connectivity index (χ4n) is 0.0645. The third kappa shape index (κ3) is 2.38. The topological polar surface area (TPSA) is 29.1 Å². The molecule has 0 aliphatic carbocycles. The zero-order chi connectivity index (χ0) is 5.91. The van der Waals surface area contributed by atoms with E-state index in [-0.39, 0.29) is 0 Å². The van der Waals surface area contributed by atoms with Gasteiger partial charge in [0, 0.05) is 6.26 Å². The molecule has 0 saturated heterocycles. The van der Waals surface area contributed by atoms with Gasteiger partial charge in [0.25, 0.3) is 0 Å². The Morgan fingerprint density at radius 1 is 1.86 bits per heavy atom. The zero-order valence-electron chi connectivity index (χ0n) is 4.43. The zero-order valence-corrected chi connectivity index (χ0v) is 5.33. The van der Waals surface area contributed by atoms with Crippen LogP contribution in [0, 0.1) is 11.7 Å². The number of nitrogens with one attached hydrogen (secondary N) is 1. The minimum absolute atomic E-state index is 1.51. The summed E-state index contributed by atoms with van der Waals surface area (Å²) in [5.74, 6) is 0. The van der Waals surface area contributed by atoms with Crippen molar-refractivity contribution in [3.63, 3.8) is 0 Å². The van der Waals surface area contributed by atoms with E-state index in [1.165, 1.54) is 6.26 Å². The molecule has 0 aliphatic rings. The van der Waals surface area contributed by atoms with Crippen LogP contribution in [0.15, 0.2) is 0 Å². The highest BCUT2D eigenvalue weighted by atomic mass is 32.3. The highest BCUT2D eigenvalue weighted by Gasteiger charge is 1.92. The molecule has 0 unspecified atom stereocenters. The van der Waals surface area contributed by atoms with Crippen molar-refractivity contribution in [2.75, 3.05) is 13.3 Å². The lowest BCUT2D eigenvalue weighted by molar-refractivity contribution is 0.676. The molecule has 0 aromatic carbocycles. The van der Waals surface area contributed by atoms with Crippen LogP contribution in [-0.4, -0.2) is 17.5 Å². The monoisotopic (exact) mass is 119 g/mol. The van der Waals surface area contributed by atoms with E-state index in [1.807, 2.05) is 0 Å². The first-order valence-corrected chi connectivity index (χ1v) is 4.02. The first-order valence-electron chi connectivity index (χ1n) is 1.87. The fourth-order valence-corrected chi connectivity index (χ4v) is 0.194. The molecule has 0 atom stereocenters. The smallest absolute Gasteiger partial charge is 0.0117 e. The minimum Gasteiger partial charge on any atom is -0.260 e. The SMILES string of the molecule is C#C[SH](C)(=O)NC. The summed E-state index contributed by atoms with van der Waals surface area (Å²) in [5.41, 5.74) is 0. The fraction of sp³-hybridized carbons (Fsp3) is 0.500. The van der Waals surface area contributed by atoms with E-state index < -0.39 is 10.1 Å². The Hall–Kier alpha value is -0.330. The lowest BCUT2D eigenvalue weighted by Crippen LogP contribution is -2.22. The minimum atomic E-state index is -2.38. The maximum Gasteiger partial charge on any atom is 0.0117 e. The first-order chi connectivity index (χ1) is 3.12. The van der Waals surface area contributed by atoms with Gasteiger partial charge in [-0.1, -0.05) is 0 Å². The average Bonchev–Trinajstić information content (AvgIpc) is 1.68. The van der Waals surface area contributed by atoms with Crippen molar-refractivity contribution >= 4 is 10.1 Å². The largest absolute Gasteiger partial charge is 0.260 e. The van der Waals surface area contributed by atoms with E-state index in [0.717, 1.165) is 0 Å². The summed E-state index contributed by atoms with van der Waals surface area (Å²) in [5, 5.41) is 2.14. The van der Waals surface area contributed by atoms with Crippen molar-refractivity contribution in [3.05, 3.63) is 0 Å². The lowest BCUT2D eigenvalue weighted by atomic mass is 11.4. The average molecular weight is 119 g/mol. The van der Waals surface area contributed by atoms with E-state index in [4.69, 9.17) is 6.42 Å². The maximum absolute atomic E-state index is 10.6. The Morgan fingerprint density at radius 2 is 2.29 bits per heavy atom. The third-order valence-corrected chi connectivity index (χ3v) is 2.02. The molecule has 0 aromatic heterocycles. The van der Waals surface area contributed by atoms with Gasteiger partial charge in [-0.2, -0.15) is 0 Å². The van der Waals surface area contributed by atoms with Crippen LogP contribution in [0.2, 0.25) is 0 Å². The van der Waals surface area contributed by atoms with E-state index in [1.54, 1.807) is 7.05 Å². The van der Waals surface area contributed by atoms with Crippen molar-refractivity contribution < 1.29 is 4.21 Å². The maximum atomic E-state index is 10.6. The number of rotatable bonds is 1. The second kappa shape index (κ2) is 2.10. The molecule has 0 aromatic rings. The number of hydrogen-bond acceptors (Lipinski definition) is 1. The Morgan fingerprint density at radius 3 is 2.29 bits per heavy atom. The molecule has 42 valence electrons. The van der Waals surface area contributed by atoms with Gasteiger partial charge >= 0.3 is 0 Å². The van der Waals surface area contributed by atoms with Gasteiger partial charge in [-0.15, -0.1) is 6.42 Å². The molecule has 0 aliphatic heterocycles. The molecule has 0 amide bonds. The summed E-state index contributed by atoms with van der Waals surface area (Å²) in [6, 6.07) is 0. The van der Waals surface area contributed by atoms with E-state index >= 15 is 0 Å².